The van der Waals surface area contributed by atoms with Gasteiger partial charge in [-0.05, 0) is 29.3 Å². The molecule has 0 spiro atoms. The molecule has 0 atom stereocenters. The van der Waals surface area contributed by atoms with Crippen LogP contribution in [0.1, 0.15) is 44.7 Å². The molecule has 28 heavy (non-hydrogen) atoms. The molecule has 2 aromatic carbocycles. The number of rotatable bonds is 2. The molecular formula is C23H19NO4. The van der Waals surface area contributed by atoms with Gasteiger partial charge in [0.25, 0.3) is 0 Å². The number of nitrogens with zero attached hydrogens (tertiary/aromatic N) is 1. The van der Waals surface area contributed by atoms with Crippen molar-refractivity contribution in [2.75, 3.05) is 13.1 Å². The lowest BCUT2D eigenvalue weighted by atomic mass is 9.83. The lowest BCUT2D eigenvalue weighted by molar-refractivity contribution is -0.121. The molecule has 0 bridgehead atoms. The predicted molar refractivity (Wildman–Crippen MR) is 105 cm³/mol. The number of aryl methyl sites for hydroxylation is 1. The Labute approximate surface area is 161 Å². The monoisotopic (exact) mass is 373 g/mol. The first kappa shape index (κ1) is 17.1. The predicted octanol–water partition coefficient (Wildman–Crippen LogP) is 3.95. The first-order chi connectivity index (χ1) is 13.5. The molecule has 0 saturated carbocycles. The van der Waals surface area contributed by atoms with Crippen molar-refractivity contribution in [2.45, 2.75) is 26.3 Å². The number of likely N-dealkylation sites (tertiary alicyclic amines) is 1. The third kappa shape index (κ3) is 2.47. The topological polar surface area (TPSA) is 67.6 Å². The molecular weight excluding hydrogens is 354 g/mol. The summed E-state index contributed by atoms with van der Waals surface area (Å²) in [6.45, 7) is 3.83. The fourth-order valence-corrected chi connectivity index (χ4v) is 4.33. The first-order valence-corrected chi connectivity index (χ1v) is 9.50. The van der Waals surface area contributed by atoms with E-state index in [0.29, 0.717) is 54.9 Å². The van der Waals surface area contributed by atoms with Gasteiger partial charge < -0.3 is 4.42 Å². The zero-order valence-electron chi connectivity index (χ0n) is 15.6. The lowest BCUT2D eigenvalue weighted by Crippen LogP contribution is -2.34. The number of Topliss-reactive ketones (excluding diaryl/α,β-unsaturated/α-hetero) is 3. The van der Waals surface area contributed by atoms with Crippen molar-refractivity contribution in [3.05, 3.63) is 58.8 Å². The van der Waals surface area contributed by atoms with E-state index in [9.17, 15) is 14.4 Å². The van der Waals surface area contributed by atoms with Crippen LogP contribution >= 0.6 is 0 Å². The van der Waals surface area contributed by atoms with E-state index in [0.717, 1.165) is 21.9 Å². The molecule has 0 amide bonds. The zero-order chi connectivity index (χ0) is 19.4. The van der Waals surface area contributed by atoms with E-state index in [-0.39, 0.29) is 5.78 Å². The van der Waals surface area contributed by atoms with E-state index in [1.807, 2.05) is 37.3 Å². The van der Waals surface area contributed by atoms with Crippen molar-refractivity contribution < 1.29 is 18.8 Å². The number of benzene rings is 2. The summed E-state index contributed by atoms with van der Waals surface area (Å²) in [5.41, 5.74) is 3.27. The summed E-state index contributed by atoms with van der Waals surface area (Å²) in [5, 5.41) is 1.75. The molecule has 1 fully saturated rings. The van der Waals surface area contributed by atoms with E-state index in [2.05, 4.69) is 4.90 Å². The Morgan fingerprint density at radius 2 is 1.68 bits per heavy atom. The maximum atomic E-state index is 13.0. The maximum Gasteiger partial charge on any atom is 0.237 e. The summed E-state index contributed by atoms with van der Waals surface area (Å²) in [7, 11) is 0. The summed E-state index contributed by atoms with van der Waals surface area (Å²) in [5.74, 6) is -0.234. The van der Waals surface area contributed by atoms with Crippen molar-refractivity contribution in [3.8, 4) is 11.3 Å². The van der Waals surface area contributed by atoms with Crippen molar-refractivity contribution in [1.82, 2.24) is 4.90 Å². The van der Waals surface area contributed by atoms with Gasteiger partial charge in [0.05, 0.1) is 11.8 Å². The molecule has 1 aromatic heterocycles. The number of carbonyl (C=O) groups excluding carboxylic acids is 3. The highest BCUT2D eigenvalue weighted by Gasteiger charge is 2.37. The molecule has 5 nitrogen and oxygen atoms in total. The van der Waals surface area contributed by atoms with Gasteiger partial charge >= 0.3 is 0 Å². The Balaban J connectivity index is 1.62. The average Bonchev–Trinajstić information content (AvgIpc) is 3.11. The number of hydrogen-bond donors (Lipinski definition) is 0. The highest BCUT2D eigenvalue weighted by Crippen LogP contribution is 2.40. The van der Waals surface area contributed by atoms with Gasteiger partial charge in [-0.15, -0.1) is 0 Å². The van der Waals surface area contributed by atoms with E-state index in [4.69, 9.17) is 4.42 Å². The molecule has 1 saturated heterocycles. The van der Waals surface area contributed by atoms with Crippen molar-refractivity contribution in [3.63, 3.8) is 0 Å². The number of hydrogen-bond acceptors (Lipinski definition) is 5. The fraction of sp³-hybridized carbons (Fsp3) is 0.261. The van der Waals surface area contributed by atoms with Crippen LogP contribution in [0.3, 0.4) is 0 Å². The van der Waals surface area contributed by atoms with Crippen LogP contribution in [0.5, 0.6) is 0 Å². The second-order valence-corrected chi connectivity index (χ2v) is 7.60. The summed E-state index contributed by atoms with van der Waals surface area (Å²) < 4.78 is 5.81. The van der Waals surface area contributed by atoms with Crippen LogP contribution in [0.4, 0.5) is 0 Å². The van der Waals surface area contributed by atoms with Gasteiger partial charge in [0.2, 0.25) is 11.6 Å². The number of ketones is 3. The minimum atomic E-state index is -0.506. The van der Waals surface area contributed by atoms with E-state index < -0.39 is 11.6 Å². The second-order valence-electron chi connectivity index (χ2n) is 7.60. The third-order valence-electron chi connectivity index (χ3n) is 5.86. The Bertz CT molecular complexity index is 1160. The molecule has 3 aromatic rings. The van der Waals surface area contributed by atoms with Gasteiger partial charge in [0, 0.05) is 49.2 Å². The normalized spacial score (nSPS) is 17.1. The standard InChI is InChI=1S/C23H19NO4/c1-13-3-2-4-17-16(13)5-6-18-20(17)22(27)21(26)19-14(12-28-23(18)19)11-24-9-7-15(25)8-10-24/h2-6,12H,7-11H2,1H3. The van der Waals surface area contributed by atoms with Crippen LogP contribution in [-0.4, -0.2) is 35.3 Å². The highest BCUT2D eigenvalue weighted by atomic mass is 16.3. The molecule has 2 aliphatic rings. The van der Waals surface area contributed by atoms with Crippen LogP contribution in [0, 0.1) is 6.92 Å². The minimum absolute atomic E-state index is 0.271. The van der Waals surface area contributed by atoms with Crippen LogP contribution in [0.15, 0.2) is 41.0 Å². The third-order valence-corrected chi connectivity index (χ3v) is 5.86. The SMILES string of the molecule is Cc1cccc2c3c(ccc12)-c1occ(CN2CCC(=O)CC2)c1C(=O)C3=O. The van der Waals surface area contributed by atoms with E-state index in [1.54, 1.807) is 6.26 Å². The average molecular weight is 373 g/mol. The summed E-state index contributed by atoms with van der Waals surface area (Å²) in [4.78, 5) is 39.6. The maximum absolute atomic E-state index is 13.0. The van der Waals surface area contributed by atoms with Crippen molar-refractivity contribution >= 4 is 28.1 Å². The fourth-order valence-electron chi connectivity index (χ4n) is 4.33. The number of fused-ring (bicyclic) bond motifs is 5. The Morgan fingerprint density at radius 3 is 2.46 bits per heavy atom. The molecule has 5 rings (SSSR count). The number of furan rings is 1. The van der Waals surface area contributed by atoms with E-state index >= 15 is 0 Å². The molecule has 0 unspecified atom stereocenters. The van der Waals surface area contributed by atoms with Crippen LogP contribution < -0.4 is 0 Å². The molecule has 0 N–H and O–H groups in total. The summed E-state index contributed by atoms with van der Waals surface area (Å²) in [6, 6.07) is 9.63. The van der Waals surface area contributed by atoms with Crippen LogP contribution in [-0.2, 0) is 11.3 Å². The summed E-state index contributed by atoms with van der Waals surface area (Å²) >= 11 is 0. The smallest absolute Gasteiger partial charge is 0.237 e. The lowest BCUT2D eigenvalue weighted by Gasteiger charge is -2.25. The molecule has 0 radical (unpaired) electrons. The van der Waals surface area contributed by atoms with Gasteiger partial charge in [-0.2, -0.15) is 0 Å². The number of piperidine rings is 1. The minimum Gasteiger partial charge on any atom is -0.463 e. The second kappa shape index (κ2) is 6.24. The summed E-state index contributed by atoms with van der Waals surface area (Å²) in [6.07, 6.45) is 2.64. The first-order valence-electron chi connectivity index (χ1n) is 9.50. The molecule has 1 aliphatic heterocycles. The van der Waals surface area contributed by atoms with Crippen LogP contribution in [0.2, 0.25) is 0 Å². The Kier molecular flexibility index (Phi) is 3.81. The Hall–Kier alpha value is -3.05. The van der Waals surface area contributed by atoms with Crippen molar-refractivity contribution in [2.24, 2.45) is 0 Å². The van der Waals surface area contributed by atoms with Crippen molar-refractivity contribution in [1.29, 1.82) is 0 Å². The largest absolute Gasteiger partial charge is 0.463 e. The molecule has 2 heterocycles. The van der Waals surface area contributed by atoms with Gasteiger partial charge in [-0.3, -0.25) is 19.3 Å². The van der Waals surface area contributed by atoms with Gasteiger partial charge in [0.1, 0.15) is 11.5 Å². The van der Waals surface area contributed by atoms with Gasteiger partial charge in [0.15, 0.2) is 0 Å². The van der Waals surface area contributed by atoms with E-state index in [1.165, 1.54) is 0 Å². The van der Waals surface area contributed by atoms with Gasteiger partial charge in [-0.1, -0.05) is 24.3 Å². The number of carbonyl (C=O) groups is 3. The molecule has 1 aliphatic carbocycles. The molecule has 5 heteroatoms. The Morgan fingerprint density at radius 1 is 0.929 bits per heavy atom. The quantitative estimate of drug-likeness (QED) is 0.636. The van der Waals surface area contributed by atoms with Gasteiger partial charge in [-0.25, -0.2) is 0 Å². The van der Waals surface area contributed by atoms with Crippen LogP contribution in [0.25, 0.3) is 22.1 Å². The zero-order valence-corrected chi connectivity index (χ0v) is 15.6. The molecule has 140 valence electrons. The highest BCUT2D eigenvalue weighted by molar-refractivity contribution is 6.54.